The second-order valence-electron chi connectivity index (χ2n) is 6.20. The van der Waals surface area contributed by atoms with Gasteiger partial charge in [-0.15, -0.1) is 24.0 Å². The number of aromatic hydroxyl groups is 1. The molecule has 1 unspecified atom stereocenters. The van der Waals surface area contributed by atoms with Crippen LogP contribution in [0.25, 0.3) is 0 Å². The SMILES string of the molecule is CCNC(=NCCCc1ccc(O)cc1)N1CCCC(C)C1.I. The van der Waals surface area contributed by atoms with E-state index in [0.29, 0.717) is 5.75 Å². The summed E-state index contributed by atoms with van der Waals surface area (Å²) in [6.07, 6.45) is 4.62. The fourth-order valence-electron chi connectivity index (χ4n) is 2.94. The first kappa shape index (κ1) is 20.1. The summed E-state index contributed by atoms with van der Waals surface area (Å²) in [7, 11) is 0. The van der Waals surface area contributed by atoms with Gasteiger partial charge in [-0.25, -0.2) is 0 Å². The molecule has 23 heavy (non-hydrogen) atoms. The lowest BCUT2D eigenvalue weighted by molar-refractivity contribution is 0.266. The number of hydrogen-bond acceptors (Lipinski definition) is 2. The summed E-state index contributed by atoms with van der Waals surface area (Å²) in [5.41, 5.74) is 1.25. The number of phenols is 1. The topological polar surface area (TPSA) is 47.9 Å². The normalized spacial score (nSPS) is 18.4. The van der Waals surface area contributed by atoms with Gasteiger partial charge in [0.25, 0.3) is 0 Å². The number of guanidine groups is 1. The van der Waals surface area contributed by atoms with E-state index >= 15 is 0 Å². The summed E-state index contributed by atoms with van der Waals surface area (Å²) in [6, 6.07) is 7.46. The molecule has 0 spiro atoms. The van der Waals surface area contributed by atoms with Crippen LogP contribution in [-0.4, -0.2) is 42.1 Å². The number of hydrogen-bond donors (Lipinski definition) is 2. The van der Waals surface area contributed by atoms with Gasteiger partial charge in [-0.3, -0.25) is 4.99 Å². The van der Waals surface area contributed by atoms with Crippen molar-refractivity contribution >= 4 is 29.9 Å². The summed E-state index contributed by atoms with van der Waals surface area (Å²) in [4.78, 5) is 7.19. The Morgan fingerprint density at radius 2 is 2.09 bits per heavy atom. The summed E-state index contributed by atoms with van der Waals surface area (Å²) in [6.45, 7) is 8.44. The summed E-state index contributed by atoms with van der Waals surface area (Å²) in [5.74, 6) is 2.16. The quantitative estimate of drug-likeness (QED) is 0.324. The third kappa shape index (κ3) is 6.97. The van der Waals surface area contributed by atoms with E-state index in [1.165, 1.54) is 18.4 Å². The Hall–Kier alpha value is -0.980. The Balaban J connectivity index is 0.00000264. The van der Waals surface area contributed by atoms with Gasteiger partial charge in [-0.05, 0) is 56.2 Å². The Morgan fingerprint density at radius 1 is 1.35 bits per heavy atom. The molecule has 2 N–H and O–H groups in total. The van der Waals surface area contributed by atoms with Gasteiger partial charge in [0.1, 0.15) is 5.75 Å². The predicted molar refractivity (Wildman–Crippen MR) is 108 cm³/mol. The molecule has 1 aromatic carbocycles. The molecule has 0 amide bonds. The Kier molecular flexibility index (Phi) is 9.36. The first-order valence-electron chi connectivity index (χ1n) is 8.50. The lowest BCUT2D eigenvalue weighted by Gasteiger charge is -2.33. The average Bonchev–Trinajstić information content (AvgIpc) is 2.52. The van der Waals surface area contributed by atoms with Crippen LogP contribution in [0, 0.1) is 5.92 Å². The van der Waals surface area contributed by atoms with Gasteiger partial charge in [0.15, 0.2) is 5.96 Å². The number of nitrogens with one attached hydrogen (secondary N) is 1. The molecule has 1 aliphatic rings. The van der Waals surface area contributed by atoms with Crippen molar-refractivity contribution < 1.29 is 5.11 Å². The van der Waals surface area contributed by atoms with Crippen molar-refractivity contribution in [3.05, 3.63) is 29.8 Å². The Morgan fingerprint density at radius 3 is 2.74 bits per heavy atom. The highest BCUT2D eigenvalue weighted by molar-refractivity contribution is 14.0. The molecule has 0 radical (unpaired) electrons. The number of likely N-dealkylation sites (tertiary alicyclic amines) is 1. The van der Waals surface area contributed by atoms with E-state index in [1.807, 2.05) is 12.1 Å². The number of piperidine rings is 1. The molecule has 1 fully saturated rings. The van der Waals surface area contributed by atoms with E-state index in [1.54, 1.807) is 12.1 Å². The van der Waals surface area contributed by atoms with Crippen LogP contribution in [0.1, 0.15) is 38.7 Å². The number of benzene rings is 1. The van der Waals surface area contributed by atoms with Gasteiger partial charge in [-0.1, -0.05) is 19.1 Å². The average molecular weight is 431 g/mol. The van der Waals surface area contributed by atoms with Crippen molar-refractivity contribution in [1.82, 2.24) is 10.2 Å². The number of halogens is 1. The zero-order chi connectivity index (χ0) is 15.8. The van der Waals surface area contributed by atoms with Crippen molar-refractivity contribution in [3.63, 3.8) is 0 Å². The minimum absolute atomic E-state index is 0. The van der Waals surface area contributed by atoms with Crippen molar-refractivity contribution in [1.29, 1.82) is 0 Å². The highest BCUT2D eigenvalue weighted by Gasteiger charge is 2.18. The zero-order valence-corrected chi connectivity index (χ0v) is 16.6. The van der Waals surface area contributed by atoms with Crippen LogP contribution in [0.3, 0.4) is 0 Å². The van der Waals surface area contributed by atoms with E-state index in [2.05, 4.69) is 24.1 Å². The summed E-state index contributed by atoms with van der Waals surface area (Å²) < 4.78 is 0. The van der Waals surface area contributed by atoms with E-state index in [0.717, 1.165) is 50.9 Å². The molecule has 0 bridgehead atoms. The number of phenolic OH excluding ortho intramolecular Hbond substituents is 1. The van der Waals surface area contributed by atoms with Crippen LogP contribution in [0.5, 0.6) is 5.75 Å². The van der Waals surface area contributed by atoms with Gasteiger partial charge in [-0.2, -0.15) is 0 Å². The maximum absolute atomic E-state index is 9.29. The first-order chi connectivity index (χ1) is 10.7. The van der Waals surface area contributed by atoms with Crippen LogP contribution in [0.4, 0.5) is 0 Å². The van der Waals surface area contributed by atoms with Crippen molar-refractivity contribution in [2.24, 2.45) is 10.9 Å². The van der Waals surface area contributed by atoms with Crippen molar-refractivity contribution in [2.45, 2.75) is 39.5 Å². The molecule has 1 aromatic rings. The van der Waals surface area contributed by atoms with E-state index in [-0.39, 0.29) is 24.0 Å². The summed E-state index contributed by atoms with van der Waals surface area (Å²) in [5, 5.41) is 12.7. The minimum atomic E-state index is 0. The smallest absolute Gasteiger partial charge is 0.193 e. The van der Waals surface area contributed by atoms with Gasteiger partial charge >= 0.3 is 0 Å². The fraction of sp³-hybridized carbons (Fsp3) is 0.611. The first-order valence-corrected chi connectivity index (χ1v) is 8.50. The van der Waals surface area contributed by atoms with Gasteiger partial charge in [0.2, 0.25) is 0 Å². The highest BCUT2D eigenvalue weighted by atomic mass is 127. The molecule has 2 rings (SSSR count). The second kappa shape index (κ2) is 10.7. The standard InChI is InChI=1S/C18H29N3O.HI/c1-3-19-18(21-13-5-6-15(2)14-21)20-12-4-7-16-8-10-17(22)11-9-16;/h8-11,15,22H,3-7,12-14H2,1-2H3,(H,19,20);1H. The lowest BCUT2D eigenvalue weighted by atomic mass is 10.0. The van der Waals surface area contributed by atoms with Crippen molar-refractivity contribution in [2.75, 3.05) is 26.2 Å². The fourth-order valence-corrected chi connectivity index (χ4v) is 2.94. The molecule has 1 atom stereocenters. The van der Waals surface area contributed by atoms with Crippen LogP contribution in [-0.2, 0) is 6.42 Å². The minimum Gasteiger partial charge on any atom is -0.508 e. The maximum atomic E-state index is 9.29. The van der Waals surface area contributed by atoms with Gasteiger partial charge in [0, 0.05) is 26.2 Å². The molecule has 1 heterocycles. The molecule has 130 valence electrons. The zero-order valence-electron chi connectivity index (χ0n) is 14.3. The highest BCUT2D eigenvalue weighted by Crippen LogP contribution is 2.15. The summed E-state index contributed by atoms with van der Waals surface area (Å²) >= 11 is 0. The Labute approximate surface area is 157 Å². The van der Waals surface area contributed by atoms with Gasteiger partial charge in [0.05, 0.1) is 0 Å². The molecular weight excluding hydrogens is 401 g/mol. The van der Waals surface area contributed by atoms with E-state index in [4.69, 9.17) is 4.99 Å². The van der Waals surface area contributed by atoms with Gasteiger partial charge < -0.3 is 15.3 Å². The number of aliphatic imine (C=N–C) groups is 1. The molecule has 0 aromatic heterocycles. The van der Waals surface area contributed by atoms with Crippen LogP contribution in [0.2, 0.25) is 0 Å². The lowest BCUT2D eigenvalue weighted by Crippen LogP contribution is -2.46. The second-order valence-corrected chi connectivity index (χ2v) is 6.20. The van der Waals surface area contributed by atoms with E-state index in [9.17, 15) is 5.11 Å². The number of rotatable bonds is 5. The van der Waals surface area contributed by atoms with Crippen LogP contribution in [0.15, 0.2) is 29.3 Å². The van der Waals surface area contributed by atoms with E-state index < -0.39 is 0 Å². The molecule has 0 aliphatic carbocycles. The molecule has 1 saturated heterocycles. The molecule has 0 saturated carbocycles. The number of aryl methyl sites for hydroxylation is 1. The third-order valence-corrected chi connectivity index (χ3v) is 4.11. The number of nitrogens with zero attached hydrogens (tertiary/aromatic N) is 2. The maximum Gasteiger partial charge on any atom is 0.193 e. The van der Waals surface area contributed by atoms with Crippen LogP contribution < -0.4 is 5.32 Å². The van der Waals surface area contributed by atoms with Crippen LogP contribution >= 0.6 is 24.0 Å². The van der Waals surface area contributed by atoms with Crippen molar-refractivity contribution in [3.8, 4) is 5.75 Å². The molecule has 4 nitrogen and oxygen atoms in total. The predicted octanol–water partition coefficient (Wildman–Crippen LogP) is 3.64. The molecule has 1 aliphatic heterocycles. The third-order valence-electron chi connectivity index (χ3n) is 4.11. The molecular formula is C18H30IN3O. The largest absolute Gasteiger partial charge is 0.508 e. The molecule has 5 heteroatoms. The Bertz CT molecular complexity index is 476. The monoisotopic (exact) mass is 431 g/mol.